The van der Waals surface area contributed by atoms with Gasteiger partial charge in [-0.3, -0.25) is 0 Å². The van der Waals surface area contributed by atoms with Gasteiger partial charge in [0.15, 0.2) is 6.04 Å². The van der Waals surface area contributed by atoms with Crippen LogP contribution in [0.15, 0.2) is 12.7 Å². The van der Waals surface area contributed by atoms with Crippen molar-refractivity contribution in [2.45, 2.75) is 12.5 Å². The third-order valence-corrected chi connectivity index (χ3v) is 2.52. The minimum atomic E-state index is -0.151. The molecule has 0 spiro atoms. The highest BCUT2D eigenvalue weighted by molar-refractivity contribution is 5.74. The molecule has 0 amide bonds. The first-order chi connectivity index (χ1) is 6.79. The van der Waals surface area contributed by atoms with Gasteiger partial charge in [-0.1, -0.05) is 6.08 Å². The predicted octanol–water partition coefficient (Wildman–Crippen LogP) is -0.981. The van der Waals surface area contributed by atoms with Crippen LogP contribution >= 0.6 is 0 Å². The highest BCUT2D eigenvalue weighted by atomic mass is 16.5. The number of carbonyl (C=O) groups is 1. The highest BCUT2D eigenvalue weighted by Gasteiger charge is 2.30. The SMILES string of the molecule is C=CC[C@H](C(=O)OC)[NH+]1CCOCC1. The number of methoxy groups -OCH3 is 1. The maximum atomic E-state index is 11.5. The Bertz CT molecular complexity index is 200. The van der Waals surface area contributed by atoms with Crippen molar-refractivity contribution in [3.8, 4) is 0 Å². The third-order valence-electron chi connectivity index (χ3n) is 2.52. The lowest BCUT2D eigenvalue weighted by Gasteiger charge is -2.29. The average molecular weight is 200 g/mol. The molecule has 0 saturated carbocycles. The number of esters is 1. The molecule has 1 aliphatic heterocycles. The molecule has 4 nitrogen and oxygen atoms in total. The molecule has 4 heteroatoms. The van der Waals surface area contributed by atoms with Gasteiger partial charge in [0.1, 0.15) is 13.1 Å². The first-order valence-electron chi connectivity index (χ1n) is 4.90. The van der Waals surface area contributed by atoms with Gasteiger partial charge >= 0.3 is 5.97 Å². The molecule has 1 aliphatic rings. The molecule has 0 aliphatic carbocycles. The van der Waals surface area contributed by atoms with Crippen LogP contribution in [-0.4, -0.2) is 45.4 Å². The van der Waals surface area contributed by atoms with Gasteiger partial charge in [0.05, 0.1) is 20.3 Å². The van der Waals surface area contributed by atoms with Crippen molar-refractivity contribution >= 4 is 5.97 Å². The zero-order valence-corrected chi connectivity index (χ0v) is 8.62. The van der Waals surface area contributed by atoms with E-state index in [1.807, 2.05) is 0 Å². The second-order valence-electron chi connectivity index (χ2n) is 3.37. The number of morpholine rings is 1. The molecule has 1 N–H and O–H groups in total. The monoisotopic (exact) mass is 200 g/mol. The molecule has 1 saturated heterocycles. The van der Waals surface area contributed by atoms with Crippen molar-refractivity contribution in [3.05, 3.63) is 12.7 Å². The van der Waals surface area contributed by atoms with E-state index in [-0.39, 0.29) is 12.0 Å². The molecule has 0 unspecified atom stereocenters. The Hall–Kier alpha value is -0.870. The number of hydrogen-bond acceptors (Lipinski definition) is 3. The predicted molar refractivity (Wildman–Crippen MR) is 52.1 cm³/mol. The Balaban J connectivity index is 2.55. The summed E-state index contributed by atoms with van der Waals surface area (Å²) in [6.07, 6.45) is 2.44. The number of nitrogens with one attached hydrogen (secondary N) is 1. The van der Waals surface area contributed by atoms with Crippen molar-refractivity contribution in [1.29, 1.82) is 0 Å². The van der Waals surface area contributed by atoms with Gasteiger partial charge < -0.3 is 14.4 Å². The second-order valence-corrected chi connectivity index (χ2v) is 3.37. The van der Waals surface area contributed by atoms with E-state index >= 15 is 0 Å². The van der Waals surface area contributed by atoms with Crippen LogP contribution in [0.3, 0.4) is 0 Å². The molecule has 0 aromatic heterocycles. The normalized spacial score (nSPS) is 20.1. The molecule has 0 bridgehead atoms. The van der Waals surface area contributed by atoms with E-state index in [4.69, 9.17) is 9.47 Å². The topological polar surface area (TPSA) is 40.0 Å². The summed E-state index contributed by atoms with van der Waals surface area (Å²) in [7, 11) is 1.43. The van der Waals surface area contributed by atoms with Crippen molar-refractivity contribution in [3.63, 3.8) is 0 Å². The summed E-state index contributed by atoms with van der Waals surface area (Å²) in [5.41, 5.74) is 0. The fraction of sp³-hybridized carbons (Fsp3) is 0.700. The smallest absolute Gasteiger partial charge is 0.364 e. The molecular weight excluding hydrogens is 182 g/mol. The van der Waals surface area contributed by atoms with Gasteiger partial charge in [-0.05, 0) is 0 Å². The number of hydrogen-bond donors (Lipinski definition) is 1. The minimum Gasteiger partial charge on any atom is -0.465 e. The van der Waals surface area contributed by atoms with Crippen LogP contribution in [0.1, 0.15) is 6.42 Å². The molecule has 80 valence electrons. The van der Waals surface area contributed by atoms with E-state index in [2.05, 4.69) is 6.58 Å². The van der Waals surface area contributed by atoms with Gasteiger partial charge in [-0.25, -0.2) is 4.79 Å². The maximum Gasteiger partial charge on any atom is 0.364 e. The standard InChI is InChI=1S/C10H17NO3/c1-3-4-9(10(12)13-2)11-5-7-14-8-6-11/h3,9H,1,4-8H2,2H3/p+1/t9-/m1/s1. The minimum absolute atomic E-state index is 0.110. The zero-order chi connectivity index (χ0) is 10.4. The quantitative estimate of drug-likeness (QED) is 0.468. The third kappa shape index (κ3) is 2.82. The molecule has 1 atom stereocenters. The van der Waals surface area contributed by atoms with Crippen molar-refractivity contribution in [2.24, 2.45) is 0 Å². The Morgan fingerprint density at radius 1 is 1.64 bits per heavy atom. The van der Waals surface area contributed by atoms with Crippen molar-refractivity contribution in [1.82, 2.24) is 0 Å². The molecular formula is C10H18NO3+. The summed E-state index contributed by atoms with van der Waals surface area (Å²) >= 11 is 0. The molecule has 0 aromatic rings. The van der Waals surface area contributed by atoms with Crippen molar-refractivity contribution in [2.75, 3.05) is 33.4 Å². The molecule has 1 rings (SSSR count). The average Bonchev–Trinajstić information content (AvgIpc) is 2.26. The van der Waals surface area contributed by atoms with E-state index in [0.717, 1.165) is 26.3 Å². The van der Waals surface area contributed by atoms with Crippen LogP contribution in [0.5, 0.6) is 0 Å². The second kappa shape index (κ2) is 5.78. The lowest BCUT2D eigenvalue weighted by molar-refractivity contribution is -0.924. The lowest BCUT2D eigenvalue weighted by atomic mass is 10.1. The van der Waals surface area contributed by atoms with Gasteiger partial charge in [0, 0.05) is 6.42 Å². The van der Waals surface area contributed by atoms with Crippen LogP contribution in [-0.2, 0) is 14.3 Å². The van der Waals surface area contributed by atoms with E-state index < -0.39 is 0 Å². The zero-order valence-electron chi connectivity index (χ0n) is 8.62. The Kier molecular flexibility index (Phi) is 4.62. The Morgan fingerprint density at radius 3 is 2.79 bits per heavy atom. The number of ether oxygens (including phenoxy) is 2. The van der Waals surface area contributed by atoms with Crippen LogP contribution in [0.2, 0.25) is 0 Å². The summed E-state index contributed by atoms with van der Waals surface area (Å²) in [6, 6.07) is -0.110. The fourth-order valence-electron chi connectivity index (χ4n) is 1.72. The van der Waals surface area contributed by atoms with E-state index in [1.165, 1.54) is 12.0 Å². The molecule has 1 fully saturated rings. The number of carbonyl (C=O) groups excluding carboxylic acids is 1. The van der Waals surface area contributed by atoms with Gasteiger partial charge in [-0.2, -0.15) is 0 Å². The lowest BCUT2D eigenvalue weighted by Crippen LogP contribution is -3.18. The van der Waals surface area contributed by atoms with Gasteiger partial charge in [-0.15, -0.1) is 6.58 Å². The summed E-state index contributed by atoms with van der Waals surface area (Å²) < 4.78 is 10.0. The molecule has 0 radical (unpaired) electrons. The van der Waals surface area contributed by atoms with E-state index in [1.54, 1.807) is 6.08 Å². The van der Waals surface area contributed by atoms with Gasteiger partial charge in [0.2, 0.25) is 0 Å². The summed E-state index contributed by atoms with van der Waals surface area (Å²) in [4.78, 5) is 12.7. The summed E-state index contributed by atoms with van der Waals surface area (Å²) in [6.45, 7) is 6.84. The van der Waals surface area contributed by atoms with Crippen LogP contribution in [0.25, 0.3) is 0 Å². The van der Waals surface area contributed by atoms with E-state index in [0.29, 0.717) is 6.42 Å². The van der Waals surface area contributed by atoms with Crippen LogP contribution in [0.4, 0.5) is 0 Å². The largest absolute Gasteiger partial charge is 0.465 e. The first-order valence-corrected chi connectivity index (χ1v) is 4.90. The van der Waals surface area contributed by atoms with Gasteiger partial charge in [0.25, 0.3) is 0 Å². The Labute approximate surface area is 84.5 Å². The van der Waals surface area contributed by atoms with Crippen LogP contribution in [0, 0.1) is 0 Å². The first kappa shape index (κ1) is 11.2. The fourth-order valence-corrected chi connectivity index (χ4v) is 1.72. The number of rotatable bonds is 4. The molecule has 1 heterocycles. The summed E-state index contributed by atoms with van der Waals surface area (Å²) in [5, 5.41) is 0. The highest BCUT2D eigenvalue weighted by Crippen LogP contribution is 1.93. The molecule has 14 heavy (non-hydrogen) atoms. The van der Waals surface area contributed by atoms with E-state index in [9.17, 15) is 4.79 Å². The molecule has 0 aromatic carbocycles. The summed E-state index contributed by atoms with van der Waals surface area (Å²) in [5.74, 6) is -0.151. The Morgan fingerprint density at radius 2 is 2.29 bits per heavy atom. The van der Waals surface area contributed by atoms with Crippen LogP contribution < -0.4 is 4.90 Å². The van der Waals surface area contributed by atoms with Crippen molar-refractivity contribution < 1.29 is 19.2 Å². The maximum absolute atomic E-state index is 11.5. The number of quaternary nitrogens is 1.